The fraction of sp³-hybridized carbons (Fsp3) is 0.700. The van der Waals surface area contributed by atoms with E-state index in [0.29, 0.717) is 6.54 Å². The Morgan fingerprint density at radius 2 is 1.88 bits per heavy atom. The minimum atomic E-state index is -0.809. The van der Waals surface area contributed by atoms with Crippen LogP contribution in [0.15, 0.2) is 22.8 Å². The molecule has 0 saturated heterocycles. The zero-order valence-electron chi connectivity index (χ0n) is 14.8. The quantitative estimate of drug-likeness (QED) is 0.755. The van der Waals surface area contributed by atoms with Crippen LogP contribution in [0.1, 0.15) is 58.8 Å². The van der Waals surface area contributed by atoms with Crippen molar-refractivity contribution in [2.45, 2.75) is 58.8 Å². The lowest BCUT2D eigenvalue weighted by Gasteiger charge is -2.26. The molecule has 0 aliphatic heterocycles. The lowest BCUT2D eigenvalue weighted by molar-refractivity contribution is -0.149. The molecule has 0 aromatic heterocycles. The number of rotatable bonds is 5. The Morgan fingerprint density at radius 1 is 1.17 bits per heavy atom. The van der Waals surface area contributed by atoms with Gasteiger partial charge in [-0.3, -0.25) is 9.59 Å². The Kier molecular flexibility index (Phi) is 5.12. The molecule has 2 fully saturated rings. The highest BCUT2D eigenvalue weighted by Gasteiger charge is 2.57. The van der Waals surface area contributed by atoms with E-state index in [4.69, 9.17) is 0 Å². The van der Waals surface area contributed by atoms with E-state index in [9.17, 15) is 14.7 Å². The fourth-order valence-electron chi connectivity index (χ4n) is 5.20. The molecular formula is C20H29NO3. The number of hydrogen-bond donors (Lipinski definition) is 2. The van der Waals surface area contributed by atoms with Crippen molar-refractivity contribution in [3.63, 3.8) is 0 Å². The van der Waals surface area contributed by atoms with Gasteiger partial charge >= 0.3 is 5.97 Å². The summed E-state index contributed by atoms with van der Waals surface area (Å²) in [6.07, 6.45) is 9.89. The largest absolute Gasteiger partial charge is 0.481 e. The van der Waals surface area contributed by atoms with Crippen LogP contribution in [0.3, 0.4) is 0 Å². The molecule has 0 unspecified atom stereocenters. The van der Waals surface area contributed by atoms with E-state index >= 15 is 0 Å². The first-order valence-electron chi connectivity index (χ1n) is 9.36. The lowest BCUT2D eigenvalue weighted by Crippen LogP contribution is -2.41. The third kappa shape index (κ3) is 3.15. The zero-order chi connectivity index (χ0) is 17.3. The van der Waals surface area contributed by atoms with E-state index in [0.717, 1.165) is 32.1 Å². The average molecular weight is 331 g/mol. The number of carboxylic acid groups (broad SMARTS) is 1. The van der Waals surface area contributed by atoms with E-state index in [1.807, 2.05) is 0 Å². The molecule has 4 atom stereocenters. The summed E-state index contributed by atoms with van der Waals surface area (Å²) >= 11 is 0. The number of fused-ring (bicyclic) bond motifs is 2. The van der Waals surface area contributed by atoms with Crippen LogP contribution in [0.5, 0.6) is 0 Å². The SMILES string of the molecule is CC(C)=C1[C@H]2CC[C@H]1[C@@H](C(=O)NCCC1=CCCCC1)[C@H]2C(=O)O. The fourth-order valence-corrected chi connectivity index (χ4v) is 5.20. The van der Waals surface area contributed by atoms with Crippen molar-refractivity contribution in [3.8, 4) is 0 Å². The Bertz CT molecular complexity index is 586. The number of nitrogens with one attached hydrogen (secondary N) is 1. The van der Waals surface area contributed by atoms with Crippen LogP contribution in [-0.2, 0) is 9.59 Å². The normalized spacial score (nSPS) is 31.8. The summed E-state index contributed by atoms with van der Waals surface area (Å²) in [6, 6.07) is 0. The summed E-state index contributed by atoms with van der Waals surface area (Å²) in [5.74, 6) is -1.58. The molecule has 0 radical (unpaired) electrons. The van der Waals surface area contributed by atoms with Gasteiger partial charge in [-0.05, 0) is 70.6 Å². The second-order valence-electron chi connectivity index (χ2n) is 7.78. The number of carbonyl (C=O) groups excluding carboxylic acids is 1. The Balaban J connectivity index is 1.66. The number of amides is 1. The molecule has 2 N–H and O–H groups in total. The summed E-state index contributed by atoms with van der Waals surface area (Å²) < 4.78 is 0. The first-order valence-corrected chi connectivity index (χ1v) is 9.36. The third-order valence-corrected chi connectivity index (χ3v) is 6.14. The topological polar surface area (TPSA) is 66.4 Å². The maximum absolute atomic E-state index is 12.7. The van der Waals surface area contributed by atoms with Gasteiger partial charge in [0.2, 0.25) is 5.91 Å². The van der Waals surface area contributed by atoms with E-state index < -0.39 is 11.9 Å². The summed E-state index contributed by atoms with van der Waals surface area (Å²) in [5.41, 5.74) is 3.89. The van der Waals surface area contributed by atoms with Gasteiger partial charge in [0.15, 0.2) is 0 Å². The monoisotopic (exact) mass is 331 g/mol. The Morgan fingerprint density at radius 3 is 2.46 bits per heavy atom. The van der Waals surface area contributed by atoms with Crippen LogP contribution in [0.2, 0.25) is 0 Å². The van der Waals surface area contributed by atoms with Gasteiger partial charge in [-0.15, -0.1) is 0 Å². The smallest absolute Gasteiger partial charge is 0.307 e. The highest BCUT2D eigenvalue weighted by Crippen LogP contribution is 2.57. The average Bonchev–Trinajstić information content (AvgIpc) is 3.11. The second-order valence-corrected chi connectivity index (χ2v) is 7.78. The van der Waals surface area contributed by atoms with Crippen LogP contribution in [-0.4, -0.2) is 23.5 Å². The van der Waals surface area contributed by atoms with E-state index in [2.05, 4.69) is 25.2 Å². The maximum atomic E-state index is 12.7. The first kappa shape index (κ1) is 17.2. The lowest BCUT2D eigenvalue weighted by atomic mass is 9.78. The number of carbonyl (C=O) groups is 2. The predicted octanol–water partition coefficient (Wildman–Crippen LogP) is 3.69. The number of carboxylic acids is 1. The van der Waals surface area contributed by atoms with Gasteiger partial charge in [0.25, 0.3) is 0 Å². The van der Waals surface area contributed by atoms with Gasteiger partial charge in [-0.1, -0.05) is 22.8 Å². The second kappa shape index (κ2) is 7.12. The first-order chi connectivity index (χ1) is 11.5. The molecule has 1 amide bonds. The molecule has 0 aromatic carbocycles. The summed E-state index contributed by atoms with van der Waals surface area (Å²) in [6.45, 7) is 4.74. The molecule has 3 aliphatic carbocycles. The van der Waals surface area contributed by atoms with Crippen LogP contribution in [0.25, 0.3) is 0 Å². The minimum absolute atomic E-state index is 0.0511. The van der Waals surface area contributed by atoms with Gasteiger partial charge in [0.1, 0.15) is 0 Å². The highest BCUT2D eigenvalue weighted by molar-refractivity contribution is 5.87. The van der Waals surface area contributed by atoms with Crippen LogP contribution >= 0.6 is 0 Å². The molecule has 2 bridgehead atoms. The Labute approximate surface area is 144 Å². The van der Waals surface area contributed by atoms with Gasteiger partial charge in [0.05, 0.1) is 11.8 Å². The van der Waals surface area contributed by atoms with Gasteiger partial charge in [0, 0.05) is 6.54 Å². The van der Waals surface area contributed by atoms with Crippen molar-refractivity contribution < 1.29 is 14.7 Å². The number of aliphatic carboxylic acids is 1. The van der Waals surface area contributed by atoms with Crippen molar-refractivity contribution in [2.24, 2.45) is 23.7 Å². The number of hydrogen-bond acceptors (Lipinski definition) is 2. The van der Waals surface area contributed by atoms with Gasteiger partial charge in [-0.2, -0.15) is 0 Å². The van der Waals surface area contributed by atoms with Gasteiger partial charge in [-0.25, -0.2) is 0 Å². The standard InChI is InChI=1S/C20H29NO3/c1-12(2)16-14-8-9-15(16)18(20(23)24)17(14)19(22)21-11-10-13-6-4-3-5-7-13/h6,14-15,17-18H,3-5,7-11H2,1-2H3,(H,21,22)(H,23,24)/t14-,15-,17-,18+/m1/s1. The van der Waals surface area contributed by atoms with Gasteiger partial charge < -0.3 is 10.4 Å². The van der Waals surface area contributed by atoms with Crippen molar-refractivity contribution in [3.05, 3.63) is 22.8 Å². The molecule has 0 spiro atoms. The molecule has 2 saturated carbocycles. The number of allylic oxidation sites excluding steroid dienone is 3. The van der Waals surface area contributed by atoms with Crippen molar-refractivity contribution in [1.82, 2.24) is 5.32 Å². The third-order valence-electron chi connectivity index (χ3n) is 6.14. The van der Waals surface area contributed by atoms with Crippen LogP contribution in [0.4, 0.5) is 0 Å². The molecule has 4 nitrogen and oxygen atoms in total. The summed E-state index contributed by atoms with van der Waals surface area (Å²) in [5, 5.41) is 12.7. The highest BCUT2D eigenvalue weighted by atomic mass is 16.4. The predicted molar refractivity (Wildman–Crippen MR) is 93.4 cm³/mol. The van der Waals surface area contributed by atoms with Crippen LogP contribution in [0, 0.1) is 23.7 Å². The zero-order valence-corrected chi connectivity index (χ0v) is 14.8. The maximum Gasteiger partial charge on any atom is 0.307 e. The minimum Gasteiger partial charge on any atom is -0.481 e. The summed E-state index contributed by atoms with van der Waals surface area (Å²) in [4.78, 5) is 24.5. The summed E-state index contributed by atoms with van der Waals surface area (Å²) in [7, 11) is 0. The molecule has 24 heavy (non-hydrogen) atoms. The molecule has 4 heteroatoms. The molecule has 0 heterocycles. The Hall–Kier alpha value is -1.58. The molecule has 3 rings (SSSR count). The molecule has 3 aliphatic rings. The van der Waals surface area contributed by atoms with Crippen molar-refractivity contribution >= 4 is 11.9 Å². The molecule has 0 aromatic rings. The van der Waals surface area contributed by atoms with E-state index in [-0.39, 0.29) is 23.7 Å². The molecule has 132 valence electrons. The van der Waals surface area contributed by atoms with Crippen LogP contribution < -0.4 is 5.32 Å². The van der Waals surface area contributed by atoms with Crippen molar-refractivity contribution in [2.75, 3.05) is 6.54 Å². The van der Waals surface area contributed by atoms with Crippen molar-refractivity contribution in [1.29, 1.82) is 0 Å². The van der Waals surface area contributed by atoms with E-state index in [1.54, 1.807) is 0 Å². The van der Waals surface area contributed by atoms with E-state index in [1.165, 1.54) is 29.6 Å². The molecular weight excluding hydrogens is 302 g/mol.